The van der Waals surface area contributed by atoms with Crippen molar-refractivity contribution in [2.45, 2.75) is 32.2 Å². The molecule has 0 unspecified atom stereocenters. The number of hydrogen-bond donors (Lipinski definition) is 1. The van der Waals surface area contributed by atoms with E-state index in [0.717, 1.165) is 12.5 Å². The van der Waals surface area contributed by atoms with Crippen molar-refractivity contribution < 1.29 is 0 Å². The maximum Gasteiger partial charge on any atom is 0.0315 e. The second-order valence-corrected chi connectivity index (χ2v) is 4.21. The van der Waals surface area contributed by atoms with Crippen LogP contribution < -0.4 is 5.32 Å². The molecule has 1 N–H and O–H groups in total. The number of rotatable bonds is 4. The summed E-state index contributed by atoms with van der Waals surface area (Å²) in [4.78, 5) is 4.13. The van der Waals surface area contributed by atoms with E-state index in [1.165, 1.54) is 24.8 Å². The van der Waals surface area contributed by atoms with Gasteiger partial charge < -0.3 is 5.32 Å². The number of nitrogens with zero attached hydrogens (tertiary/aromatic N) is 1. The van der Waals surface area contributed by atoms with Gasteiger partial charge in [0.05, 0.1) is 0 Å². The molecule has 2 rings (SSSR count). The highest BCUT2D eigenvalue weighted by Crippen LogP contribution is 2.26. The first-order valence-electron chi connectivity index (χ1n) is 5.49. The molecule has 0 spiro atoms. The van der Waals surface area contributed by atoms with Crippen LogP contribution in [0.2, 0.25) is 0 Å². The highest BCUT2D eigenvalue weighted by molar-refractivity contribution is 5.12. The molecule has 76 valence electrons. The third-order valence-electron chi connectivity index (χ3n) is 3.12. The average Bonchev–Trinajstić information content (AvgIpc) is 2.16. The summed E-state index contributed by atoms with van der Waals surface area (Å²) < 4.78 is 0. The van der Waals surface area contributed by atoms with Crippen molar-refractivity contribution in [2.75, 3.05) is 6.54 Å². The monoisotopic (exact) mass is 190 g/mol. The van der Waals surface area contributed by atoms with Crippen molar-refractivity contribution in [1.82, 2.24) is 10.3 Å². The zero-order valence-electron chi connectivity index (χ0n) is 8.74. The number of pyridine rings is 1. The van der Waals surface area contributed by atoms with Crippen LogP contribution in [0.4, 0.5) is 0 Å². The first-order chi connectivity index (χ1) is 6.86. The standard InChI is InChI=1S/C12H18N2/c1-10(12-6-3-7-13-9-12)14-8-11-4-2-5-11/h3,6-7,9-11,14H,2,4-5,8H2,1H3/t10-/m0/s1. The minimum absolute atomic E-state index is 0.435. The molecule has 14 heavy (non-hydrogen) atoms. The van der Waals surface area contributed by atoms with E-state index in [0.29, 0.717) is 6.04 Å². The lowest BCUT2D eigenvalue weighted by molar-refractivity contribution is 0.292. The van der Waals surface area contributed by atoms with Crippen LogP contribution >= 0.6 is 0 Å². The van der Waals surface area contributed by atoms with Crippen LogP contribution in [0, 0.1) is 5.92 Å². The fourth-order valence-corrected chi connectivity index (χ4v) is 1.79. The van der Waals surface area contributed by atoms with Crippen molar-refractivity contribution >= 4 is 0 Å². The zero-order valence-corrected chi connectivity index (χ0v) is 8.74. The van der Waals surface area contributed by atoms with Gasteiger partial charge in [0.2, 0.25) is 0 Å². The Labute approximate surface area is 85.7 Å². The summed E-state index contributed by atoms with van der Waals surface area (Å²) in [5.41, 5.74) is 1.28. The SMILES string of the molecule is C[C@H](NCC1CCC1)c1cccnc1. The van der Waals surface area contributed by atoms with E-state index in [-0.39, 0.29) is 0 Å². The molecule has 2 nitrogen and oxygen atoms in total. The van der Waals surface area contributed by atoms with E-state index in [4.69, 9.17) is 0 Å². The molecule has 1 atom stereocenters. The molecular formula is C12H18N2. The number of aromatic nitrogens is 1. The Hall–Kier alpha value is -0.890. The van der Waals surface area contributed by atoms with E-state index in [1.807, 2.05) is 18.5 Å². The quantitative estimate of drug-likeness (QED) is 0.789. The maximum absolute atomic E-state index is 4.13. The van der Waals surface area contributed by atoms with Crippen LogP contribution in [0.25, 0.3) is 0 Å². The summed E-state index contributed by atoms with van der Waals surface area (Å²) in [6.45, 7) is 3.37. The van der Waals surface area contributed by atoms with Crippen molar-refractivity contribution in [3.8, 4) is 0 Å². The number of nitrogens with one attached hydrogen (secondary N) is 1. The second kappa shape index (κ2) is 4.56. The molecule has 1 aromatic heterocycles. The van der Waals surface area contributed by atoms with Gasteiger partial charge in [-0.1, -0.05) is 12.5 Å². The van der Waals surface area contributed by atoms with Crippen LogP contribution in [0.15, 0.2) is 24.5 Å². The Bertz CT molecular complexity index is 267. The van der Waals surface area contributed by atoms with Crippen LogP contribution in [0.3, 0.4) is 0 Å². The fraction of sp³-hybridized carbons (Fsp3) is 0.583. The highest BCUT2D eigenvalue weighted by atomic mass is 14.9. The minimum Gasteiger partial charge on any atom is -0.310 e. The lowest BCUT2D eigenvalue weighted by atomic mass is 9.85. The molecule has 0 aliphatic heterocycles. The summed E-state index contributed by atoms with van der Waals surface area (Å²) in [5.74, 6) is 0.925. The van der Waals surface area contributed by atoms with Crippen LogP contribution in [-0.2, 0) is 0 Å². The number of hydrogen-bond acceptors (Lipinski definition) is 2. The molecule has 1 saturated carbocycles. The van der Waals surface area contributed by atoms with E-state index < -0.39 is 0 Å². The lowest BCUT2D eigenvalue weighted by Crippen LogP contribution is -2.29. The van der Waals surface area contributed by atoms with Gasteiger partial charge in [0.15, 0.2) is 0 Å². The van der Waals surface area contributed by atoms with E-state index in [1.54, 1.807) is 0 Å². The Kier molecular flexibility index (Phi) is 3.14. The first kappa shape index (κ1) is 9.66. The van der Waals surface area contributed by atoms with Gasteiger partial charge >= 0.3 is 0 Å². The molecule has 0 saturated heterocycles. The summed E-state index contributed by atoms with van der Waals surface area (Å²) in [5, 5.41) is 3.56. The smallest absolute Gasteiger partial charge is 0.0315 e. The molecule has 0 radical (unpaired) electrons. The predicted molar refractivity (Wildman–Crippen MR) is 58.0 cm³/mol. The highest BCUT2D eigenvalue weighted by Gasteiger charge is 2.17. The summed E-state index contributed by atoms with van der Waals surface area (Å²) in [6.07, 6.45) is 8.01. The second-order valence-electron chi connectivity index (χ2n) is 4.21. The van der Waals surface area contributed by atoms with Crippen molar-refractivity contribution in [3.05, 3.63) is 30.1 Å². The summed E-state index contributed by atoms with van der Waals surface area (Å²) in [7, 11) is 0. The zero-order chi connectivity index (χ0) is 9.80. The van der Waals surface area contributed by atoms with Gasteiger partial charge in [-0.05, 0) is 43.9 Å². The molecule has 0 amide bonds. The Balaban J connectivity index is 1.80. The molecule has 1 aliphatic carbocycles. The summed E-state index contributed by atoms with van der Waals surface area (Å²) in [6, 6.07) is 4.56. The van der Waals surface area contributed by atoms with Gasteiger partial charge in [0.1, 0.15) is 0 Å². The largest absolute Gasteiger partial charge is 0.310 e. The first-order valence-corrected chi connectivity index (χ1v) is 5.49. The third-order valence-corrected chi connectivity index (χ3v) is 3.12. The molecule has 1 aliphatic rings. The Morgan fingerprint density at radius 2 is 2.43 bits per heavy atom. The third kappa shape index (κ3) is 2.32. The van der Waals surface area contributed by atoms with Crippen LogP contribution in [0.5, 0.6) is 0 Å². The van der Waals surface area contributed by atoms with Gasteiger partial charge in [-0.2, -0.15) is 0 Å². The maximum atomic E-state index is 4.13. The van der Waals surface area contributed by atoms with Crippen LogP contribution in [-0.4, -0.2) is 11.5 Å². The van der Waals surface area contributed by atoms with E-state index in [9.17, 15) is 0 Å². The molecular weight excluding hydrogens is 172 g/mol. The molecule has 1 aromatic rings. The van der Waals surface area contributed by atoms with E-state index >= 15 is 0 Å². The molecule has 0 bridgehead atoms. The average molecular weight is 190 g/mol. The van der Waals surface area contributed by atoms with E-state index in [2.05, 4.69) is 23.3 Å². The molecule has 0 aromatic carbocycles. The fourth-order valence-electron chi connectivity index (χ4n) is 1.79. The van der Waals surface area contributed by atoms with Crippen molar-refractivity contribution in [2.24, 2.45) is 5.92 Å². The van der Waals surface area contributed by atoms with Crippen molar-refractivity contribution in [1.29, 1.82) is 0 Å². The predicted octanol–water partition coefficient (Wildman–Crippen LogP) is 2.53. The molecule has 1 heterocycles. The van der Waals surface area contributed by atoms with Gasteiger partial charge in [-0.3, -0.25) is 4.98 Å². The Morgan fingerprint density at radius 1 is 1.57 bits per heavy atom. The topological polar surface area (TPSA) is 24.9 Å². The van der Waals surface area contributed by atoms with Crippen LogP contribution in [0.1, 0.15) is 37.8 Å². The van der Waals surface area contributed by atoms with Gasteiger partial charge in [-0.15, -0.1) is 0 Å². The van der Waals surface area contributed by atoms with Gasteiger partial charge in [-0.25, -0.2) is 0 Å². The molecule has 1 fully saturated rings. The Morgan fingerprint density at radius 3 is 3.00 bits per heavy atom. The normalized spacial score (nSPS) is 18.9. The van der Waals surface area contributed by atoms with Crippen molar-refractivity contribution in [3.63, 3.8) is 0 Å². The van der Waals surface area contributed by atoms with Gasteiger partial charge in [0.25, 0.3) is 0 Å². The lowest BCUT2D eigenvalue weighted by Gasteiger charge is -2.27. The molecule has 2 heteroatoms. The summed E-state index contributed by atoms with van der Waals surface area (Å²) >= 11 is 0. The van der Waals surface area contributed by atoms with Gasteiger partial charge in [0, 0.05) is 18.4 Å². The minimum atomic E-state index is 0.435.